The normalized spacial score (nSPS) is 18.9. The molecule has 6 heteroatoms. The number of ether oxygens (including phenoxy) is 1. The number of carbonyl (C=O) groups excluding carboxylic acids is 2. The average molecular weight is 471 g/mol. The summed E-state index contributed by atoms with van der Waals surface area (Å²) in [6.07, 6.45) is 9.22. The van der Waals surface area contributed by atoms with E-state index in [9.17, 15) is 9.59 Å². The maximum atomic E-state index is 13.6. The van der Waals surface area contributed by atoms with Crippen molar-refractivity contribution in [3.63, 3.8) is 0 Å². The maximum absolute atomic E-state index is 13.6. The van der Waals surface area contributed by atoms with Gasteiger partial charge in [-0.2, -0.15) is 0 Å². The van der Waals surface area contributed by atoms with E-state index in [4.69, 9.17) is 9.15 Å². The number of aryl methyl sites for hydroxylation is 1. The van der Waals surface area contributed by atoms with Gasteiger partial charge in [0.05, 0.1) is 12.3 Å². The van der Waals surface area contributed by atoms with Crippen LogP contribution in [0.1, 0.15) is 71.8 Å². The molecule has 2 aliphatic rings. The lowest BCUT2D eigenvalue weighted by molar-refractivity contribution is -0.119. The summed E-state index contributed by atoms with van der Waals surface area (Å²) in [5.74, 6) is 0.603. The Morgan fingerprint density at radius 1 is 0.971 bits per heavy atom. The van der Waals surface area contributed by atoms with Crippen molar-refractivity contribution < 1.29 is 18.7 Å². The number of carbonyl (C=O) groups is 2. The molecule has 0 unspecified atom stereocenters. The van der Waals surface area contributed by atoms with E-state index in [1.807, 2.05) is 43.3 Å². The van der Waals surface area contributed by atoms with Gasteiger partial charge in [0.1, 0.15) is 22.8 Å². The Morgan fingerprint density at radius 2 is 1.74 bits per heavy atom. The molecule has 5 rings (SSSR count). The van der Waals surface area contributed by atoms with Crippen molar-refractivity contribution in [2.45, 2.75) is 57.1 Å². The zero-order valence-electron chi connectivity index (χ0n) is 19.9. The second-order valence-electron chi connectivity index (χ2n) is 9.46. The van der Waals surface area contributed by atoms with Crippen molar-refractivity contribution in [1.29, 1.82) is 0 Å². The van der Waals surface area contributed by atoms with E-state index in [-0.39, 0.29) is 29.2 Å². The fourth-order valence-electron chi connectivity index (χ4n) is 5.18. The van der Waals surface area contributed by atoms with Crippen LogP contribution in [-0.2, 0) is 4.79 Å². The molecule has 0 saturated heterocycles. The van der Waals surface area contributed by atoms with Crippen LogP contribution in [0.4, 0.5) is 0 Å². The molecule has 3 aromatic rings. The minimum Gasteiger partial charge on any atom is -0.487 e. The molecule has 1 aliphatic carbocycles. The number of hydrogen-bond donors (Lipinski definition) is 2. The van der Waals surface area contributed by atoms with Gasteiger partial charge >= 0.3 is 0 Å². The van der Waals surface area contributed by atoms with Crippen molar-refractivity contribution in [1.82, 2.24) is 10.6 Å². The summed E-state index contributed by atoms with van der Waals surface area (Å²) in [6.45, 7) is 1.87. The third-order valence-electron chi connectivity index (χ3n) is 6.98. The van der Waals surface area contributed by atoms with Crippen molar-refractivity contribution in [3.8, 4) is 5.75 Å². The quantitative estimate of drug-likeness (QED) is 0.469. The number of furan rings is 1. The zero-order valence-corrected chi connectivity index (χ0v) is 19.9. The summed E-state index contributed by atoms with van der Waals surface area (Å²) in [6, 6.07) is 18.5. The van der Waals surface area contributed by atoms with Crippen LogP contribution in [0.5, 0.6) is 5.75 Å². The SMILES string of the molecule is Cc1ccccc1C(=O)N/C(=C\c1ccco1)C(=O)N[C@@H]1CC2(CCCCC2)Oc2ccccc21. The van der Waals surface area contributed by atoms with Crippen LogP contribution in [0.3, 0.4) is 0 Å². The molecule has 1 aromatic heterocycles. The monoisotopic (exact) mass is 470 g/mol. The molecule has 1 fully saturated rings. The van der Waals surface area contributed by atoms with Crippen LogP contribution in [-0.4, -0.2) is 17.4 Å². The van der Waals surface area contributed by atoms with E-state index in [1.54, 1.807) is 30.3 Å². The highest BCUT2D eigenvalue weighted by atomic mass is 16.5. The van der Waals surface area contributed by atoms with Gasteiger partial charge in [-0.3, -0.25) is 9.59 Å². The van der Waals surface area contributed by atoms with Gasteiger partial charge in [-0.05, 0) is 62.4 Å². The van der Waals surface area contributed by atoms with E-state index in [1.165, 1.54) is 12.7 Å². The van der Waals surface area contributed by atoms with Gasteiger partial charge in [0.15, 0.2) is 0 Å². The van der Waals surface area contributed by atoms with Gasteiger partial charge in [0, 0.05) is 23.6 Å². The van der Waals surface area contributed by atoms with Crippen molar-refractivity contribution in [3.05, 3.63) is 95.1 Å². The highest BCUT2D eigenvalue weighted by Gasteiger charge is 2.42. The van der Waals surface area contributed by atoms with Crippen molar-refractivity contribution in [2.24, 2.45) is 0 Å². The highest BCUT2D eigenvalue weighted by molar-refractivity contribution is 6.05. The van der Waals surface area contributed by atoms with Gasteiger partial charge in [-0.25, -0.2) is 0 Å². The fourth-order valence-corrected chi connectivity index (χ4v) is 5.18. The fraction of sp³-hybridized carbons (Fsp3) is 0.310. The van der Waals surface area contributed by atoms with E-state index in [0.717, 1.165) is 42.6 Å². The molecule has 1 atom stereocenters. The Morgan fingerprint density at radius 3 is 2.51 bits per heavy atom. The molecule has 2 aromatic carbocycles. The molecule has 180 valence electrons. The molecule has 6 nitrogen and oxygen atoms in total. The van der Waals surface area contributed by atoms with Crippen LogP contribution in [0, 0.1) is 6.92 Å². The number of rotatable bonds is 5. The molecule has 1 spiro atoms. The molecule has 2 heterocycles. The third-order valence-corrected chi connectivity index (χ3v) is 6.98. The third kappa shape index (κ3) is 5.02. The van der Waals surface area contributed by atoms with Gasteiger partial charge in [-0.15, -0.1) is 0 Å². The van der Waals surface area contributed by atoms with Crippen LogP contribution in [0.25, 0.3) is 6.08 Å². The maximum Gasteiger partial charge on any atom is 0.268 e. The van der Waals surface area contributed by atoms with Crippen LogP contribution >= 0.6 is 0 Å². The molecule has 0 radical (unpaired) electrons. The number of benzene rings is 2. The van der Waals surface area contributed by atoms with Gasteiger partial charge in [0.25, 0.3) is 11.8 Å². The minimum atomic E-state index is -0.365. The summed E-state index contributed by atoms with van der Waals surface area (Å²) in [5.41, 5.74) is 2.18. The van der Waals surface area contributed by atoms with Crippen molar-refractivity contribution >= 4 is 17.9 Å². The van der Waals surface area contributed by atoms with E-state index in [2.05, 4.69) is 10.6 Å². The molecular weight excluding hydrogens is 440 g/mol. The van der Waals surface area contributed by atoms with Gasteiger partial charge in [0.2, 0.25) is 0 Å². The van der Waals surface area contributed by atoms with Crippen molar-refractivity contribution in [2.75, 3.05) is 0 Å². The standard InChI is InChI=1S/C29H30N2O4/c1-20-10-3-4-12-22(20)27(32)30-24(18-21-11-9-17-34-21)28(33)31-25-19-29(15-7-2-8-16-29)35-26-14-6-5-13-23(25)26/h3-6,9-14,17-18,25H,2,7-8,15-16,19H2,1H3,(H,30,32)(H,31,33)/b24-18-/t25-/m1/s1. The second-order valence-corrected chi connectivity index (χ2v) is 9.46. The first-order chi connectivity index (χ1) is 17.0. The minimum absolute atomic E-state index is 0.134. The number of amides is 2. The summed E-state index contributed by atoms with van der Waals surface area (Å²) >= 11 is 0. The number of fused-ring (bicyclic) bond motifs is 1. The summed E-state index contributed by atoms with van der Waals surface area (Å²) in [5, 5.41) is 6.00. The highest BCUT2D eigenvalue weighted by Crippen LogP contribution is 2.46. The van der Waals surface area contributed by atoms with Crippen LogP contribution < -0.4 is 15.4 Å². The lowest BCUT2D eigenvalue weighted by atomic mass is 9.77. The number of hydrogen-bond acceptors (Lipinski definition) is 4. The van der Waals surface area contributed by atoms with Crippen LogP contribution in [0.2, 0.25) is 0 Å². The first kappa shape index (κ1) is 23.0. The summed E-state index contributed by atoms with van der Waals surface area (Å²) < 4.78 is 11.9. The topological polar surface area (TPSA) is 80.6 Å². The largest absolute Gasteiger partial charge is 0.487 e. The lowest BCUT2D eigenvalue weighted by Gasteiger charge is -2.44. The van der Waals surface area contributed by atoms with Gasteiger partial charge in [-0.1, -0.05) is 42.8 Å². The summed E-state index contributed by atoms with van der Waals surface area (Å²) in [7, 11) is 0. The Balaban J connectivity index is 1.42. The smallest absolute Gasteiger partial charge is 0.268 e. The number of para-hydroxylation sites is 1. The summed E-state index contributed by atoms with van der Waals surface area (Å²) in [4.78, 5) is 26.7. The Hall–Kier alpha value is -3.80. The predicted octanol–water partition coefficient (Wildman–Crippen LogP) is 5.70. The Bertz CT molecular complexity index is 1240. The Labute approximate surface area is 205 Å². The molecule has 1 aliphatic heterocycles. The predicted molar refractivity (Wildman–Crippen MR) is 134 cm³/mol. The van der Waals surface area contributed by atoms with E-state index >= 15 is 0 Å². The first-order valence-electron chi connectivity index (χ1n) is 12.2. The molecule has 0 bridgehead atoms. The van der Waals surface area contributed by atoms with Crippen LogP contribution in [0.15, 0.2) is 77.0 Å². The molecular formula is C29H30N2O4. The average Bonchev–Trinajstić information content (AvgIpc) is 3.37. The molecule has 1 saturated carbocycles. The first-order valence-corrected chi connectivity index (χ1v) is 12.2. The van der Waals surface area contributed by atoms with E-state index in [0.29, 0.717) is 17.7 Å². The van der Waals surface area contributed by atoms with Gasteiger partial charge < -0.3 is 19.8 Å². The molecule has 35 heavy (non-hydrogen) atoms. The molecule has 2 N–H and O–H groups in total. The zero-order chi connectivity index (χ0) is 24.3. The second kappa shape index (κ2) is 9.82. The lowest BCUT2D eigenvalue weighted by Crippen LogP contribution is -2.47. The number of nitrogens with one attached hydrogen (secondary N) is 2. The molecule has 2 amide bonds. The van der Waals surface area contributed by atoms with E-state index < -0.39 is 0 Å². The Kier molecular flexibility index (Phi) is 6.45.